The zero-order valence-electron chi connectivity index (χ0n) is 21.7. The SMILES string of the molecule is CCn1nccc1C(=O)Nc1ccc(-c2cc(N(C(=O)C3CCC(C)CC3)C(C)C)c(C(=O)O)s2)cc1. The Hall–Kier alpha value is -3.46. The fourth-order valence-electron chi connectivity index (χ4n) is 4.90. The van der Waals surface area contributed by atoms with Gasteiger partial charge < -0.3 is 15.3 Å². The van der Waals surface area contributed by atoms with Gasteiger partial charge in [-0.1, -0.05) is 19.1 Å². The highest BCUT2D eigenvalue weighted by Crippen LogP contribution is 2.40. The molecule has 37 heavy (non-hydrogen) atoms. The quantitative estimate of drug-likeness (QED) is 0.369. The van der Waals surface area contributed by atoms with Crippen molar-refractivity contribution >= 4 is 40.5 Å². The molecule has 0 bridgehead atoms. The van der Waals surface area contributed by atoms with Crippen molar-refractivity contribution in [2.75, 3.05) is 10.2 Å². The van der Waals surface area contributed by atoms with Crippen LogP contribution in [0.25, 0.3) is 10.4 Å². The number of amides is 2. The number of nitrogens with one attached hydrogen (secondary N) is 1. The zero-order valence-corrected chi connectivity index (χ0v) is 22.5. The molecule has 1 aromatic carbocycles. The number of carbonyl (C=O) groups is 3. The summed E-state index contributed by atoms with van der Waals surface area (Å²) in [5.41, 5.74) is 2.37. The van der Waals surface area contributed by atoms with Gasteiger partial charge in [-0.05, 0) is 82.2 Å². The van der Waals surface area contributed by atoms with Crippen molar-refractivity contribution in [2.45, 2.75) is 66.0 Å². The number of thiophene rings is 1. The Kier molecular flexibility index (Phi) is 8.12. The van der Waals surface area contributed by atoms with Crippen molar-refractivity contribution in [1.29, 1.82) is 0 Å². The molecule has 2 N–H and O–H groups in total. The Morgan fingerprint density at radius 3 is 2.41 bits per heavy atom. The number of hydrogen-bond acceptors (Lipinski definition) is 5. The fraction of sp³-hybridized carbons (Fsp3) is 0.429. The average Bonchev–Trinajstić information content (AvgIpc) is 3.52. The van der Waals surface area contributed by atoms with E-state index in [1.165, 1.54) is 0 Å². The molecule has 8 nitrogen and oxygen atoms in total. The van der Waals surface area contributed by atoms with Gasteiger partial charge in [0.25, 0.3) is 5.91 Å². The van der Waals surface area contributed by atoms with E-state index in [0.29, 0.717) is 29.5 Å². The van der Waals surface area contributed by atoms with E-state index in [-0.39, 0.29) is 28.7 Å². The van der Waals surface area contributed by atoms with Gasteiger partial charge in [0, 0.05) is 35.3 Å². The first-order chi connectivity index (χ1) is 17.7. The third-order valence-corrected chi connectivity index (χ3v) is 8.12. The van der Waals surface area contributed by atoms with Gasteiger partial charge in [0.15, 0.2) is 0 Å². The molecule has 0 aliphatic heterocycles. The maximum absolute atomic E-state index is 13.5. The first-order valence-electron chi connectivity index (χ1n) is 12.8. The molecule has 1 aliphatic carbocycles. The van der Waals surface area contributed by atoms with Crippen LogP contribution in [0.15, 0.2) is 42.6 Å². The molecule has 0 atom stereocenters. The Morgan fingerprint density at radius 1 is 1.14 bits per heavy atom. The Morgan fingerprint density at radius 2 is 1.81 bits per heavy atom. The Bertz CT molecular complexity index is 1270. The normalized spacial score (nSPS) is 17.5. The van der Waals surface area contributed by atoms with E-state index < -0.39 is 5.97 Å². The summed E-state index contributed by atoms with van der Waals surface area (Å²) in [5.74, 6) is -0.727. The fourth-order valence-corrected chi connectivity index (χ4v) is 5.89. The van der Waals surface area contributed by atoms with E-state index in [0.717, 1.165) is 47.5 Å². The van der Waals surface area contributed by atoms with Gasteiger partial charge in [-0.3, -0.25) is 14.3 Å². The van der Waals surface area contributed by atoms with Crippen LogP contribution in [0, 0.1) is 11.8 Å². The number of anilines is 2. The molecule has 0 saturated heterocycles. The number of rotatable bonds is 8. The summed E-state index contributed by atoms with van der Waals surface area (Å²) in [6, 6.07) is 10.6. The molecule has 1 saturated carbocycles. The maximum Gasteiger partial charge on any atom is 0.348 e. The lowest BCUT2D eigenvalue weighted by molar-refractivity contribution is -0.123. The molecule has 196 valence electrons. The zero-order chi connectivity index (χ0) is 26.7. The molecule has 0 radical (unpaired) electrons. The van der Waals surface area contributed by atoms with E-state index in [2.05, 4.69) is 17.3 Å². The predicted octanol–water partition coefficient (Wildman–Crippen LogP) is 6.15. The highest BCUT2D eigenvalue weighted by atomic mass is 32.1. The van der Waals surface area contributed by atoms with Crippen LogP contribution in [0.5, 0.6) is 0 Å². The van der Waals surface area contributed by atoms with Crippen molar-refractivity contribution < 1.29 is 19.5 Å². The summed E-state index contributed by atoms with van der Waals surface area (Å²) in [6.45, 7) is 8.58. The largest absolute Gasteiger partial charge is 0.477 e. The molecule has 1 fully saturated rings. The molecule has 9 heteroatoms. The van der Waals surface area contributed by atoms with Crippen molar-refractivity contribution in [3.63, 3.8) is 0 Å². The summed E-state index contributed by atoms with van der Waals surface area (Å²) in [7, 11) is 0. The summed E-state index contributed by atoms with van der Waals surface area (Å²) >= 11 is 1.16. The van der Waals surface area contributed by atoms with Gasteiger partial charge >= 0.3 is 5.97 Å². The average molecular weight is 523 g/mol. The van der Waals surface area contributed by atoms with Crippen molar-refractivity contribution in [1.82, 2.24) is 9.78 Å². The second-order valence-electron chi connectivity index (χ2n) is 9.95. The number of aromatic carboxylic acids is 1. The van der Waals surface area contributed by atoms with Gasteiger partial charge in [0.2, 0.25) is 5.91 Å². The van der Waals surface area contributed by atoms with Crippen LogP contribution in [0.2, 0.25) is 0 Å². The number of carbonyl (C=O) groups excluding carboxylic acids is 2. The summed E-state index contributed by atoms with van der Waals surface area (Å²) in [5, 5.41) is 17.0. The molecule has 2 amide bonds. The minimum Gasteiger partial charge on any atom is -0.477 e. The Balaban J connectivity index is 1.58. The third-order valence-electron chi connectivity index (χ3n) is 6.96. The summed E-state index contributed by atoms with van der Waals surface area (Å²) < 4.78 is 1.62. The van der Waals surface area contributed by atoms with Gasteiger partial charge in [0.05, 0.1) is 5.69 Å². The lowest BCUT2D eigenvalue weighted by Crippen LogP contribution is -2.42. The van der Waals surface area contributed by atoms with Crippen molar-refractivity contribution in [3.8, 4) is 10.4 Å². The maximum atomic E-state index is 13.5. The minimum atomic E-state index is -1.04. The van der Waals surface area contributed by atoms with Crippen LogP contribution in [0.4, 0.5) is 11.4 Å². The molecule has 2 aromatic heterocycles. The van der Waals surface area contributed by atoms with Crippen LogP contribution in [-0.2, 0) is 11.3 Å². The summed E-state index contributed by atoms with van der Waals surface area (Å²) in [6.07, 6.45) is 5.32. The molecule has 4 rings (SSSR count). The van der Waals surface area contributed by atoms with Gasteiger partial charge in [0.1, 0.15) is 10.6 Å². The van der Waals surface area contributed by atoms with Crippen molar-refractivity contribution in [2.24, 2.45) is 11.8 Å². The molecule has 0 spiro atoms. The number of carboxylic acid groups (broad SMARTS) is 1. The molecular weight excluding hydrogens is 488 g/mol. The van der Waals surface area contributed by atoms with Gasteiger partial charge in [-0.15, -0.1) is 11.3 Å². The number of hydrogen-bond donors (Lipinski definition) is 2. The van der Waals surface area contributed by atoms with E-state index in [9.17, 15) is 19.5 Å². The van der Waals surface area contributed by atoms with Crippen molar-refractivity contribution in [3.05, 3.63) is 53.2 Å². The summed E-state index contributed by atoms with van der Waals surface area (Å²) in [4.78, 5) is 40.9. The molecule has 1 aliphatic rings. The van der Waals surface area contributed by atoms with Crippen LogP contribution >= 0.6 is 11.3 Å². The third kappa shape index (κ3) is 5.77. The van der Waals surface area contributed by atoms with E-state index >= 15 is 0 Å². The molecule has 2 heterocycles. The first-order valence-corrected chi connectivity index (χ1v) is 13.6. The van der Waals surface area contributed by atoms with Crippen LogP contribution in [-0.4, -0.2) is 38.7 Å². The van der Waals surface area contributed by atoms with Crippen LogP contribution < -0.4 is 10.2 Å². The van der Waals surface area contributed by atoms with E-state index in [1.807, 2.05) is 39.0 Å². The monoisotopic (exact) mass is 522 g/mol. The standard InChI is InChI=1S/C28H34N4O4S/c1-5-31-22(14-15-29-31)26(33)30-21-12-10-19(11-13-21)24-16-23(25(37-24)28(35)36)32(17(2)3)27(34)20-8-6-18(4)7-9-20/h10-18,20H,5-9H2,1-4H3,(H,30,33)(H,35,36). The molecular formula is C28H34N4O4S. The minimum absolute atomic E-state index is 0.0122. The highest BCUT2D eigenvalue weighted by molar-refractivity contribution is 7.18. The number of aromatic nitrogens is 2. The Labute approximate surface area is 221 Å². The lowest BCUT2D eigenvalue weighted by atomic mass is 9.82. The second kappa shape index (κ2) is 11.3. The number of nitrogens with zero attached hydrogens (tertiary/aromatic N) is 3. The first kappa shape index (κ1) is 26.6. The van der Waals surface area contributed by atoms with Crippen LogP contribution in [0.3, 0.4) is 0 Å². The number of aryl methyl sites for hydroxylation is 1. The van der Waals surface area contributed by atoms with E-state index in [4.69, 9.17) is 0 Å². The highest BCUT2D eigenvalue weighted by Gasteiger charge is 2.33. The molecule has 3 aromatic rings. The smallest absolute Gasteiger partial charge is 0.348 e. The second-order valence-corrected chi connectivity index (χ2v) is 11.0. The predicted molar refractivity (Wildman–Crippen MR) is 146 cm³/mol. The molecule has 0 unspecified atom stereocenters. The van der Waals surface area contributed by atoms with Gasteiger partial charge in [-0.25, -0.2) is 4.79 Å². The topological polar surface area (TPSA) is 105 Å². The number of carboxylic acids is 1. The van der Waals surface area contributed by atoms with Gasteiger partial charge in [-0.2, -0.15) is 5.10 Å². The number of benzene rings is 1. The van der Waals surface area contributed by atoms with E-state index in [1.54, 1.807) is 34.0 Å². The van der Waals surface area contributed by atoms with Crippen LogP contribution in [0.1, 0.15) is 73.5 Å². The lowest BCUT2D eigenvalue weighted by Gasteiger charge is -2.33.